The molecule has 37 heavy (non-hydrogen) atoms. The molecular weight excluding hydrogens is 476 g/mol. The van der Waals surface area contributed by atoms with E-state index in [4.69, 9.17) is 14.1 Å². The number of furan rings is 1. The largest absolute Gasteiger partial charge is 0.497 e. The van der Waals surface area contributed by atoms with Crippen LogP contribution in [0.4, 0.5) is 4.79 Å². The van der Waals surface area contributed by atoms with Gasteiger partial charge in [0.1, 0.15) is 17.0 Å². The van der Waals surface area contributed by atoms with Gasteiger partial charge in [-0.25, -0.2) is 9.78 Å². The third kappa shape index (κ3) is 3.38. The molecule has 2 aliphatic heterocycles. The molecule has 0 spiro atoms. The topological polar surface area (TPSA) is 132 Å². The Bertz CT molecular complexity index is 1640. The highest BCUT2D eigenvalue weighted by Gasteiger charge is 2.53. The fourth-order valence-electron chi connectivity index (χ4n) is 5.15. The minimum Gasteiger partial charge on any atom is -0.497 e. The van der Waals surface area contributed by atoms with Crippen LogP contribution in [0.5, 0.6) is 5.75 Å². The van der Waals surface area contributed by atoms with Gasteiger partial charge in [0.05, 0.1) is 25.0 Å². The van der Waals surface area contributed by atoms with Crippen LogP contribution in [-0.4, -0.2) is 51.2 Å². The number of imide groups is 1. The van der Waals surface area contributed by atoms with Gasteiger partial charge in [-0.2, -0.15) is 5.10 Å². The van der Waals surface area contributed by atoms with E-state index < -0.39 is 17.5 Å². The van der Waals surface area contributed by atoms with E-state index >= 15 is 0 Å². The van der Waals surface area contributed by atoms with Gasteiger partial charge >= 0.3 is 6.03 Å². The van der Waals surface area contributed by atoms with Crippen molar-refractivity contribution in [1.82, 2.24) is 30.3 Å². The maximum absolute atomic E-state index is 13.2. The van der Waals surface area contributed by atoms with E-state index in [1.165, 1.54) is 12.0 Å². The van der Waals surface area contributed by atoms with Gasteiger partial charge in [-0.15, -0.1) is 0 Å². The lowest BCUT2D eigenvalue weighted by molar-refractivity contribution is -0.125. The van der Waals surface area contributed by atoms with Crippen molar-refractivity contribution in [3.05, 3.63) is 64.7 Å². The van der Waals surface area contributed by atoms with Gasteiger partial charge in [0.25, 0.3) is 11.8 Å². The number of amides is 4. The first-order valence-corrected chi connectivity index (χ1v) is 11.7. The summed E-state index contributed by atoms with van der Waals surface area (Å²) < 4.78 is 13.1. The summed E-state index contributed by atoms with van der Waals surface area (Å²) in [5.74, 6) is -0.108. The molecule has 188 valence electrons. The molecule has 1 fully saturated rings. The normalized spacial score (nSPS) is 18.9. The van der Waals surface area contributed by atoms with Crippen molar-refractivity contribution in [2.24, 2.45) is 7.05 Å². The second-order valence-corrected chi connectivity index (χ2v) is 9.36. The molecule has 0 aliphatic carbocycles. The standard InChI is InChI=1S/C26H24N6O5/c1-13-22(14(2)31(3)30-13)18-7-8-20-19(27-18)10-21(37-20)26(24(34)28-25(35)29-26)12-32-11-15-5-6-16(36-4)9-17(15)23(32)33/h5-10H,11-12H2,1-4H3,(H2,28,29,34,35)/t26-/m0/s1. The van der Waals surface area contributed by atoms with E-state index in [0.717, 1.165) is 28.2 Å². The number of carbonyl (C=O) groups is 3. The summed E-state index contributed by atoms with van der Waals surface area (Å²) in [7, 11) is 3.41. The predicted octanol–water partition coefficient (Wildman–Crippen LogP) is 2.54. The molecule has 4 amide bonds. The molecule has 6 rings (SSSR count). The summed E-state index contributed by atoms with van der Waals surface area (Å²) >= 11 is 0. The molecule has 0 saturated carbocycles. The van der Waals surface area contributed by atoms with E-state index in [1.54, 1.807) is 28.9 Å². The first kappa shape index (κ1) is 22.8. The number of nitrogens with zero attached hydrogens (tertiary/aromatic N) is 4. The van der Waals surface area contributed by atoms with Crippen LogP contribution in [0.3, 0.4) is 0 Å². The molecule has 11 heteroatoms. The number of aryl methyl sites for hydroxylation is 2. The molecule has 4 aromatic rings. The Hall–Kier alpha value is -4.67. The van der Waals surface area contributed by atoms with Crippen molar-refractivity contribution in [2.45, 2.75) is 25.9 Å². The highest BCUT2D eigenvalue weighted by Crippen LogP contribution is 2.35. The Balaban J connectivity index is 1.40. The second kappa shape index (κ2) is 7.92. The molecule has 1 saturated heterocycles. The number of rotatable bonds is 5. The van der Waals surface area contributed by atoms with Gasteiger partial charge < -0.3 is 19.4 Å². The molecule has 1 aromatic carbocycles. The molecule has 2 aliphatic rings. The number of pyridine rings is 1. The highest BCUT2D eigenvalue weighted by molar-refractivity contribution is 6.08. The fraction of sp³-hybridized carbons (Fsp3) is 0.269. The third-order valence-corrected chi connectivity index (χ3v) is 7.12. The molecule has 1 atom stereocenters. The number of benzene rings is 1. The average molecular weight is 501 g/mol. The molecule has 2 N–H and O–H groups in total. The Labute approximate surface area is 211 Å². The number of methoxy groups -OCH3 is 1. The van der Waals surface area contributed by atoms with E-state index in [0.29, 0.717) is 22.4 Å². The Kier molecular flexibility index (Phi) is 4.87. The summed E-state index contributed by atoms with van der Waals surface area (Å²) in [5, 5.41) is 9.47. The second-order valence-electron chi connectivity index (χ2n) is 9.36. The zero-order valence-electron chi connectivity index (χ0n) is 20.7. The summed E-state index contributed by atoms with van der Waals surface area (Å²) in [6, 6.07) is 9.87. The molecule has 0 bridgehead atoms. The SMILES string of the molecule is COc1ccc2c(c1)C(=O)N(C[C@@]1(c3cc4nc(-c5c(C)nn(C)c5C)ccc4o3)NC(=O)NC1=O)C2. The minimum atomic E-state index is -1.61. The molecule has 5 heterocycles. The number of urea groups is 1. The lowest BCUT2D eigenvalue weighted by atomic mass is 9.95. The van der Waals surface area contributed by atoms with Crippen molar-refractivity contribution in [3.63, 3.8) is 0 Å². The zero-order chi connectivity index (χ0) is 26.1. The van der Waals surface area contributed by atoms with E-state index in [2.05, 4.69) is 15.7 Å². The van der Waals surface area contributed by atoms with Crippen molar-refractivity contribution in [1.29, 1.82) is 0 Å². The number of hydrogen-bond acceptors (Lipinski definition) is 7. The van der Waals surface area contributed by atoms with Gasteiger partial charge in [-0.1, -0.05) is 6.07 Å². The van der Waals surface area contributed by atoms with Crippen LogP contribution in [-0.2, 0) is 23.9 Å². The van der Waals surface area contributed by atoms with Gasteiger partial charge in [-0.05, 0) is 43.7 Å². The molecule has 0 radical (unpaired) electrons. The van der Waals surface area contributed by atoms with Crippen LogP contribution >= 0.6 is 0 Å². The van der Waals surface area contributed by atoms with Crippen molar-refractivity contribution in [2.75, 3.05) is 13.7 Å². The van der Waals surface area contributed by atoms with Crippen molar-refractivity contribution in [3.8, 4) is 17.0 Å². The maximum Gasteiger partial charge on any atom is 0.322 e. The Morgan fingerprint density at radius 3 is 2.62 bits per heavy atom. The molecule has 3 aromatic heterocycles. The summed E-state index contributed by atoms with van der Waals surface area (Å²) in [6.45, 7) is 4.05. The third-order valence-electron chi connectivity index (χ3n) is 7.12. The Morgan fingerprint density at radius 2 is 1.95 bits per heavy atom. The molecule has 0 unspecified atom stereocenters. The number of hydrogen-bond donors (Lipinski definition) is 2. The maximum atomic E-state index is 13.2. The van der Waals surface area contributed by atoms with E-state index in [1.807, 2.05) is 33.0 Å². The Morgan fingerprint density at radius 1 is 1.14 bits per heavy atom. The minimum absolute atomic E-state index is 0.117. The van der Waals surface area contributed by atoms with Crippen LogP contribution in [0, 0.1) is 13.8 Å². The molecular formula is C26H24N6O5. The van der Waals surface area contributed by atoms with Crippen LogP contribution in [0.15, 0.2) is 40.8 Å². The lowest BCUT2D eigenvalue weighted by Crippen LogP contribution is -2.52. The monoisotopic (exact) mass is 500 g/mol. The van der Waals surface area contributed by atoms with Crippen LogP contribution in [0.2, 0.25) is 0 Å². The first-order valence-electron chi connectivity index (χ1n) is 11.7. The lowest BCUT2D eigenvalue weighted by Gasteiger charge is -2.28. The summed E-state index contributed by atoms with van der Waals surface area (Å²) in [4.78, 5) is 45.0. The number of fused-ring (bicyclic) bond motifs is 2. The zero-order valence-corrected chi connectivity index (χ0v) is 20.7. The average Bonchev–Trinajstić information content (AvgIpc) is 3.58. The van der Waals surface area contributed by atoms with Gasteiger partial charge in [-0.3, -0.25) is 19.6 Å². The number of ether oxygens (including phenoxy) is 1. The van der Waals surface area contributed by atoms with Crippen LogP contribution < -0.4 is 15.4 Å². The van der Waals surface area contributed by atoms with Crippen molar-refractivity contribution >= 4 is 28.9 Å². The predicted molar refractivity (Wildman–Crippen MR) is 132 cm³/mol. The van der Waals surface area contributed by atoms with E-state index in [9.17, 15) is 14.4 Å². The number of aromatic nitrogens is 3. The van der Waals surface area contributed by atoms with Crippen LogP contribution in [0.1, 0.15) is 33.1 Å². The van der Waals surface area contributed by atoms with Crippen molar-refractivity contribution < 1.29 is 23.5 Å². The number of carbonyl (C=O) groups excluding carboxylic acids is 3. The molecule has 11 nitrogen and oxygen atoms in total. The van der Waals surface area contributed by atoms with Gasteiger partial charge in [0, 0.05) is 36.5 Å². The van der Waals surface area contributed by atoms with Gasteiger partial charge in [0.15, 0.2) is 11.1 Å². The van der Waals surface area contributed by atoms with Gasteiger partial charge in [0.2, 0.25) is 0 Å². The van der Waals surface area contributed by atoms with Crippen LogP contribution in [0.25, 0.3) is 22.4 Å². The first-order chi connectivity index (χ1) is 17.7. The summed E-state index contributed by atoms with van der Waals surface area (Å²) in [6.07, 6.45) is 0. The fourth-order valence-corrected chi connectivity index (χ4v) is 5.15. The number of nitrogens with one attached hydrogen (secondary N) is 2. The summed E-state index contributed by atoms with van der Waals surface area (Å²) in [5.41, 5.74) is 4.12. The van der Waals surface area contributed by atoms with E-state index in [-0.39, 0.29) is 24.8 Å². The highest BCUT2D eigenvalue weighted by atomic mass is 16.5. The smallest absolute Gasteiger partial charge is 0.322 e. The quantitative estimate of drug-likeness (QED) is 0.403.